The molecule has 5 nitrogen and oxygen atoms in total. The molecule has 0 amide bonds. The van der Waals surface area contributed by atoms with Gasteiger partial charge in [0.15, 0.2) is 0 Å². The van der Waals surface area contributed by atoms with E-state index >= 15 is 0 Å². The Hall–Kier alpha value is -0.650. The molecule has 0 bridgehead atoms. The summed E-state index contributed by atoms with van der Waals surface area (Å²) in [6, 6.07) is 0. The summed E-state index contributed by atoms with van der Waals surface area (Å²) in [5.74, 6) is -2.33. The lowest BCUT2D eigenvalue weighted by Crippen LogP contribution is -2.47. The van der Waals surface area contributed by atoms with Crippen molar-refractivity contribution in [1.29, 1.82) is 0 Å². The molecule has 5 heteroatoms. The van der Waals surface area contributed by atoms with Gasteiger partial charge in [-0.15, -0.1) is 0 Å². The van der Waals surface area contributed by atoms with E-state index in [1.54, 1.807) is 6.92 Å². The van der Waals surface area contributed by atoms with Gasteiger partial charge in [0.1, 0.15) is 0 Å². The van der Waals surface area contributed by atoms with Crippen LogP contribution in [0.1, 0.15) is 26.2 Å². The third-order valence-electron chi connectivity index (χ3n) is 3.15. The molecule has 1 rings (SSSR count). The fourth-order valence-corrected chi connectivity index (χ4v) is 2.24. The van der Waals surface area contributed by atoms with E-state index in [-0.39, 0.29) is 12.8 Å². The number of carboxylic acid groups (broad SMARTS) is 1. The van der Waals surface area contributed by atoms with Crippen molar-refractivity contribution in [1.82, 2.24) is 0 Å². The van der Waals surface area contributed by atoms with Gasteiger partial charge in [-0.1, -0.05) is 6.92 Å². The van der Waals surface area contributed by atoms with Crippen LogP contribution in [-0.4, -0.2) is 44.7 Å². The van der Waals surface area contributed by atoms with Crippen molar-refractivity contribution in [3.8, 4) is 0 Å². The van der Waals surface area contributed by atoms with Gasteiger partial charge in [-0.05, 0) is 19.3 Å². The van der Waals surface area contributed by atoms with E-state index in [0.717, 1.165) is 0 Å². The molecule has 1 aliphatic rings. The van der Waals surface area contributed by atoms with Crippen LogP contribution < -0.4 is 0 Å². The van der Waals surface area contributed by atoms with E-state index in [9.17, 15) is 20.1 Å². The van der Waals surface area contributed by atoms with Crippen molar-refractivity contribution in [3.63, 3.8) is 0 Å². The van der Waals surface area contributed by atoms with E-state index in [2.05, 4.69) is 0 Å². The van der Waals surface area contributed by atoms with E-state index in [1.807, 2.05) is 0 Å². The van der Waals surface area contributed by atoms with Gasteiger partial charge in [0.05, 0.1) is 24.2 Å². The first-order valence-electron chi connectivity index (χ1n) is 5.24. The van der Waals surface area contributed by atoms with Crippen LogP contribution in [0, 0.1) is 11.8 Å². The second kappa shape index (κ2) is 4.92. The molecular weight excluding hydrogens is 200 g/mol. The maximum Gasteiger partial charge on any atom is 0.306 e. The van der Waals surface area contributed by atoms with E-state index in [0.29, 0.717) is 6.42 Å². The topological polar surface area (TPSA) is 98.0 Å². The second-order valence-corrected chi connectivity index (χ2v) is 4.19. The molecule has 0 aliphatic heterocycles. The Labute approximate surface area is 88.4 Å². The van der Waals surface area contributed by atoms with Crippen molar-refractivity contribution in [3.05, 3.63) is 0 Å². The summed E-state index contributed by atoms with van der Waals surface area (Å²) in [4.78, 5) is 10.7. The first-order valence-corrected chi connectivity index (χ1v) is 5.24. The van der Waals surface area contributed by atoms with Crippen LogP contribution in [0.4, 0.5) is 0 Å². The van der Waals surface area contributed by atoms with Crippen LogP contribution in [0.2, 0.25) is 0 Å². The SMILES string of the molecule is CCC(O)C1C(O)CC(C(=O)O)CC1O. The molecule has 0 heterocycles. The molecule has 3 atom stereocenters. The zero-order chi connectivity index (χ0) is 11.6. The molecule has 1 saturated carbocycles. The minimum Gasteiger partial charge on any atom is -0.481 e. The quantitative estimate of drug-likeness (QED) is 0.516. The van der Waals surface area contributed by atoms with Crippen LogP contribution in [0.3, 0.4) is 0 Å². The maximum atomic E-state index is 10.7. The lowest BCUT2D eigenvalue weighted by Gasteiger charge is -2.37. The lowest BCUT2D eigenvalue weighted by atomic mass is 9.75. The second-order valence-electron chi connectivity index (χ2n) is 4.19. The van der Waals surface area contributed by atoms with Crippen molar-refractivity contribution in [2.75, 3.05) is 0 Å². The van der Waals surface area contributed by atoms with Gasteiger partial charge in [0.2, 0.25) is 0 Å². The average molecular weight is 218 g/mol. The van der Waals surface area contributed by atoms with Crippen molar-refractivity contribution in [2.24, 2.45) is 11.8 Å². The molecule has 15 heavy (non-hydrogen) atoms. The highest BCUT2D eigenvalue weighted by Crippen LogP contribution is 2.32. The molecule has 0 saturated heterocycles. The van der Waals surface area contributed by atoms with Crippen LogP contribution in [0.5, 0.6) is 0 Å². The number of rotatable bonds is 3. The standard InChI is InChI=1S/C10H18O5/c1-2-6(11)9-7(12)3-5(10(14)15)4-8(9)13/h5-9,11-13H,2-4H2,1H3,(H,14,15). The van der Waals surface area contributed by atoms with Gasteiger partial charge in [-0.3, -0.25) is 4.79 Å². The first kappa shape index (κ1) is 12.4. The summed E-state index contributed by atoms with van der Waals surface area (Å²) < 4.78 is 0. The fourth-order valence-electron chi connectivity index (χ4n) is 2.24. The Balaban J connectivity index is 2.68. The monoisotopic (exact) mass is 218 g/mol. The van der Waals surface area contributed by atoms with Gasteiger partial charge in [-0.2, -0.15) is 0 Å². The molecule has 4 N–H and O–H groups in total. The molecule has 88 valence electrons. The van der Waals surface area contributed by atoms with Gasteiger partial charge in [0.25, 0.3) is 0 Å². The molecule has 0 radical (unpaired) electrons. The van der Waals surface area contributed by atoms with E-state index in [1.165, 1.54) is 0 Å². The molecule has 0 spiro atoms. The minimum atomic E-state index is -1.00. The number of hydrogen-bond acceptors (Lipinski definition) is 4. The number of aliphatic hydroxyl groups is 3. The average Bonchev–Trinajstić information content (AvgIpc) is 2.16. The number of carbonyl (C=O) groups is 1. The highest BCUT2D eigenvalue weighted by Gasteiger charge is 2.41. The first-order chi connectivity index (χ1) is 6.97. The zero-order valence-corrected chi connectivity index (χ0v) is 8.71. The van der Waals surface area contributed by atoms with E-state index < -0.39 is 36.1 Å². The normalized spacial score (nSPS) is 38.7. The zero-order valence-electron chi connectivity index (χ0n) is 8.71. The molecule has 0 aromatic carbocycles. The Kier molecular flexibility index (Phi) is 4.07. The summed E-state index contributed by atoms with van der Waals surface area (Å²) in [6.07, 6.45) is -2.00. The van der Waals surface area contributed by atoms with Gasteiger partial charge in [0, 0.05) is 5.92 Å². The number of carboxylic acids is 1. The Morgan fingerprint density at radius 1 is 1.33 bits per heavy atom. The Morgan fingerprint density at radius 2 is 1.80 bits per heavy atom. The van der Waals surface area contributed by atoms with Crippen LogP contribution in [0.25, 0.3) is 0 Å². The number of hydrogen-bond donors (Lipinski definition) is 4. The summed E-state index contributed by atoms with van der Waals surface area (Å²) in [5, 5.41) is 37.7. The largest absolute Gasteiger partial charge is 0.481 e. The van der Waals surface area contributed by atoms with Gasteiger partial charge in [-0.25, -0.2) is 0 Å². The maximum absolute atomic E-state index is 10.7. The molecule has 0 aromatic rings. The number of aliphatic carboxylic acids is 1. The van der Waals surface area contributed by atoms with Gasteiger partial charge >= 0.3 is 5.97 Å². The molecule has 3 unspecified atom stereocenters. The molecule has 0 aromatic heterocycles. The van der Waals surface area contributed by atoms with Crippen LogP contribution in [-0.2, 0) is 4.79 Å². The summed E-state index contributed by atoms with van der Waals surface area (Å²) >= 11 is 0. The van der Waals surface area contributed by atoms with Crippen LogP contribution in [0.15, 0.2) is 0 Å². The molecular formula is C10H18O5. The Morgan fingerprint density at radius 3 is 2.13 bits per heavy atom. The minimum absolute atomic E-state index is 0.105. The molecule has 1 fully saturated rings. The van der Waals surface area contributed by atoms with Crippen molar-refractivity contribution < 1.29 is 25.2 Å². The lowest BCUT2D eigenvalue weighted by molar-refractivity contribution is -0.153. The third kappa shape index (κ3) is 2.68. The smallest absolute Gasteiger partial charge is 0.306 e. The van der Waals surface area contributed by atoms with Crippen molar-refractivity contribution >= 4 is 5.97 Å². The predicted octanol–water partition coefficient (Wildman–Crippen LogP) is -0.410. The van der Waals surface area contributed by atoms with E-state index in [4.69, 9.17) is 5.11 Å². The summed E-state index contributed by atoms with van der Waals surface area (Å²) in [7, 11) is 0. The summed E-state index contributed by atoms with van der Waals surface area (Å²) in [6.45, 7) is 1.76. The molecule has 1 aliphatic carbocycles. The van der Waals surface area contributed by atoms with Crippen molar-refractivity contribution in [2.45, 2.75) is 44.5 Å². The highest BCUT2D eigenvalue weighted by atomic mass is 16.4. The Bertz CT molecular complexity index is 218. The highest BCUT2D eigenvalue weighted by molar-refractivity contribution is 5.70. The fraction of sp³-hybridized carbons (Fsp3) is 0.900. The third-order valence-corrected chi connectivity index (χ3v) is 3.15. The van der Waals surface area contributed by atoms with Gasteiger partial charge < -0.3 is 20.4 Å². The van der Waals surface area contributed by atoms with Crippen LogP contribution >= 0.6 is 0 Å². The number of aliphatic hydroxyl groups excluding tert-OH is 3. The summed E-state index contributed by atoms with van der Waals surface area (Å²) in [5.41, 5.74) is 0. The predicted molar refractivity (Wildman–Crippen MR) is 52.2 cm³/mol.